The second kappa shape index (κ2) is 7.99. The quantitative estimate of drug-likeness (QED) is 0.845. The van der Waals surface area contributed by atoms with Gasteiger partial charge in [-0.3, -0.25) is 9.69 Å². The van der Waals surface area contributed by atoms with E-state index in [4.69, 9.17) is 4.52 Å². The molecule has 26 heavy (non-hydrogen) atoms. The fraction of sp³-hybridized carbons (Fsp3) is 0.550. The van der Waals surface area contributed by atoms with E-state index in [-0.39, 0.29) is 5.92 Å². The third kappa shape index (κ3) is 3.96. The van der Waals surface area contributed by atoms with Crippen molar-refractivity contribution in [1.29, 1.82) is 0 Å². The molecular weight excluding hydrogens is 328 g/mol. The smallest absolute Gasteiger partial charge is 0.257 e. The van der Waals surface area contributed by atoms with Gasteiger partial charge in [-0.15, -0.1) is 0 Å². The van der Waals surface area contributed by atoms with Crippen LogP contribution >= 0.6 is 0 Å². The summed E-state index contributed by atoms with van der Waals surface area (Å²) in [5.74, 6) is 1.91. The molecule has 1 saturated heterocycles. The monoisotopic (exact) mass is 354 g/mol. The molecular formula is C20H26N4O2. The maximum Gasteiger partial charge on any atom is 0.257 e. The second-order valence-corrected chi connectivity index (χ2v) is 7.32. The largest absolute Gasteiger partial charge is 0.341 e. The van der Waals surface area contributed by atoms with Crippen LogP contribution in [0.4, 0.5) is 0 Å². The molecule has 1 amide bonds. The zero-order chi connectivity index (χ0) is 17.8. The van der Waals surface area contributed by atoms with E-state index in [9.17, 15) is 4.79 Å². The summed E-state index contributed by atoms with van der Waals surface area (Å²) in [4.78, 5) is 21.6. The van der Waals surface area contributed by atoms with E-state index in [1.807, 2.05) is 30.3 Å². The number of nitrogens with zero attached hydrogens (tertiary/aromatic N) is 4. The number of hydrogen-bond donors (Lipinski definition) is 0. The number of carbonyl (C=O) groups is 1. The van der Waals surface area contributed by atoms with Gasteiger partial charge in [-0.2, -0.15) is 4.98 Å². The van der Waals surface area contributed by atoms with Crippen LogP contribution in [0.25, 0.3) is 11.5 Å². The van der Waals surface area contributed by atoms with Crippen molar-refractivity contribution in [2.75, 3.05) is 26.2 Å². The van der Waals surface area contributed by atoms with Crippen molar-refractivity contribution in [3.63, 3.8) is 0 Å². The SMILES string of the molecule is O=C(C1CCCC1)N1CCCN(Cc2noc(-c3ccccc3)n2)CC1. The average molecular weight is 354 g/mol. The van der Waals surface area contributed by atoms with E-state index in [2.05, 4.69) is 19.9 Å². The molecule has 1 aromatic carbocycles. The van der Waals surface area contributed by atoms with Crippen molar-refractivity contribution in [1.82, 2.24) is 19.9 Å². The third-order valence-corrected chi connectivity index (χ3v) is 5.46. The van der Waals surface area contributed by atoms with Crippen molar-refractivity contribution < 1.29 is 9.32 Å². The molecule has 6 nitrogen and oxygen atoms in total. The Balaban J connectivity index is 1.33. The van der Waals surface area contributed by atoms with E-state index in [1.165, 1.54) is 12.8 Å². The number of carbonyl (C=O) groups excluding carboxylic acids is 1. The molecule has 0 radical (unpaired) electrons. The van der Waals surface area contributed by atoms with Gasteiger partial charge in [-0.05, 0) is 31.4 Å². The van der Waals surface area contributed by atoms with Crippen molar-refractivity contribution in [2.45, 2.75) is 38.6 Å². The number of aromatic nitrogens is 2. The van der Waals surface area contributed by atoms with Gasteiger partial charge in [0.05, 0.1) is 6.54 Å². The molecule has 1 aromatic heterocycles. The lowest BCUT2D eigenvalue weighted by Crippen LogP contribution is -2.38. The van der Waals surface area contributed by atoms with Gasteiger partial charge in [0.2, 0.25) is 5.91 Å². The van der Waals surface area contributed by atoms with E-state index in [0.717, 1.165) is 51.0 Å². The summed E-state index contributed by atoms with van der Waals surface area (Å²) in [5, 5.41) is 4.13. The highest BCUT2D eigenvalue weighted by Gasteiger charge is 2.28. The highest BCUT2D eigenvalue weighted by atomic mass is 16.5. The topological polar surface area (TPSA) is 62.5 Å². The summed E-state index contributed by atoms with van der Waals surface area (Å²) in [6.07, 6.45) is 5.56. The summed E-state index contributed by atoms with van der Waals surface area (Å²) in [5.41, 5.74) is 0.940. The van der Waals surface area contributed by atoms with Crippen molar-refractivity contribution in [2.24, 2.45) is 5.92 Å². The van der Waals surface area contributed by atoms with Gasteiger partial charge >= 0.3 is 0 Å². The maximum atomic E-state index is 12.6. The molecule has 2 fully saturated rings. The molecule has 2 aliphatic rings. The van der Waals surface area contributed by atoms with Crippen LogP contribution in [0.3, 0.4) is 0 Å². The van der Waals surface area contributed by atoms with Crippen molar-refractivity contribution in [3.05, 3.63) is 36.2 Å². The lowest BCUT2D eigenvalue weighted by Gasteiger charge is -2.24. The molecule has 0 atom stereocenters. The molecule has 0 unspecified atom stereocenters. The van der Waals surface area contributed by atoms with E-state index >= 15 is 0 Å². The first-order chi connectivity index (χ1) is 12.8. The van der Waals surface area contributed by atoms with Crippen LogP contribution in [-0.4, -0.2) is 52.0 Å². The molecule has 0 bridgehead atoms. The van der Waals surface area contributed by atoms with Gasteiger partial charge in [0, 0.05) is 37.7 Å². The number of benzene rings is 1. The first-order valence-corrected chi connectivity index (χ1v) is 9.69. The zero-order valence-corrected chi connectivity index (χ0v) is 15.1. The minimum Gasteiger partial charge on any atom is -0.341 e. The van der Waals surface area contributed by atoms with E-state index in [0.29, 0.717) is 24.2 Å². The molecule has 4 rings (SSSR count). The van der Waals surface area contributed by atoms with E-state index < -0.39 is 0 Å². The Morgan fingerprint density at radius 1 is 1.04 bits per heavy atom. The summed E-state index contributed by atoms with van der Waals surface area (Å²) < 4.78 is 5.40. The Morgan fingerprint density at radius 2 is 1.85 bits per heavy atom. The molecule has 6 heteroatoms. The van der Waals surface area contributed by atoms with Crippen LogP contribution in [0.15, 0.2) is 34.9 Å². The minimum absolute atomic E-state index is 0.271. The highest BCUT2D eigenvalue weighted by Crippen LogP contribution is 2.27. The van der Waals surface area contributed by atoms with Crippen molar-refractivity contribution in [3.8, 4) is 11.5 Å². The lowest BCUT2D eigenvalue weighted by atomic mass is 10.1. The molecule has 1 aliphatic carbocycles. The summed E-state index contributed by atoms with van der Waals surface area (Å²) in [6.45, 7) is 4.17. The standard InChI is InChI=1S/C20H26N4O2/c25-20(17-9-4-5-10-17)24-12-6-11-23(13-14-24)15-18-21-19(26-22-18)16-7-2-1-3-8-16/h1-3,7-8,17H,4-6,9-15H2. The van der Waals surface area contributed by atoms with Crippen LogP contribution in [0.5, 0.6) is 0 Å². The zero-order valence-electron chi connectivity index (χ0n) is 15.1. The van der Waals surface area contributed by atoms with Crippen LogP contribution < -0.4 is 0 Å². The normalized spacial score (nSPS) is 19.6. The molecule has 0 N–H and O–H groups in total. The van der Waals surface area contributed by atoms with Crippen LogP contribution in [0, 0.1) is 5.92 Å². The van der Waals surface area contributed by atoms with Crippen LogP contribution in [0.1, 0.15) is 37.9 Å². The van der Waals surface area contributed by atoms with E-state index in [1.54, 1.807) is 0 Å². The fourth-order valence-electron chi connectivity index (χ4n) is 4.00. The molecule has 2 heterocycles. The predicted molar refractivity (Wildman–Crippen MR) is 98.2 cm³/mol. The Labute approximate surface area is 154 Å². The lowest BCUT2D eigenvalue weighted by molar-refractivity contribution is -0.135. The highest BCUT2D eigenvalue weighted by molar-refractivity contribution is 5.79. The summed E-state index contributed by atoms with van der Waals surface area (Å²) >= 11 is 0. The maximum absolute atomic E-state index is 12.6. The summed E-state index contributed by atoms with van der Waals surface area (Å²) in [6, 6.07) is 9.83. The predicted octanol–water partition coefficient (Wildman–Crippen LogP) is 2.96. The van der Waals surface area contributed by atoms with Gasteiger partial charge in [0.1, 0.15) is 0 Å². The second-order valence-electron chi connectivity index (χ2n) is 7.32. The fourth-order valence-corrected chi connectivity index (χ4v) is 4.00. The Kier molecular flexibility index (Phi) is 5.29. The Hall–Kier alpha value is -2.21. The Morgan fingerprint density at radius 3 is 2.65 bits per heavy atom. The molecule has 1 saturated carbocycles. The first kappa shape index (κ1) is 17.2. The van der Waals surface area contributed by atoms with Gasteiger partial charge < -0.3 is 9.42 Å². The summed E-state index contributed by atoms with van der Waals surface area (Å²) in [7, 11) is 0. The molecule has 2 aromatic rings. The minimum atomic E-state index is 0.271. The first-order valence-electron chi connectivity index (χ1n) is 9.69. The van der Waals surface area contributed by atoms with Crippen molar-refractivity contribution >= 4 is 5.91 Å². The number of amides is 1. The number of rotatable bonds is 4. The Bertz CT molecular complexity index is 724. The van der Waals surface area contributed by atoms with Crippen LogP contribution in [0.2, 0.25) is 0 Å². The third-order valence-electron chi connectivity index (χ3n) is 5.46. The van der Waals surface area contributed by atoms with Crippen LogP contribution in [-0.2, 0) is 11.3 Å². The van der Waals surface area contributed by atoms with Gasteiger partial charge in [-0.25, -0.2) is 0 Å². The average Bonchev–Trinajstić information content (AvgIpc) is 3.31. The van der Waals surface area contributed by atoms with Gasteiger partial charge in [-0.1, -0.05) is 36.2 Å². The molecule has 1 aliphatic heterocycles. The van der Waals surface area contributed by atoms with Gasteiger partial charge in [0.15, 0.2) is 5.82 Å². The van der Waals surface area contributed by atoms with Gasteiger partial charge in [0.25, 0.3) is 5.89 Å². The molecule has 0 spiro atoms. The number of hydrogen-bond acceptors (Lipinski definition) is 5. The molecule has 138 valence electrons.